The van der Waals surface area contributed by atoms with Gasteiger partial charge in [0, 0.05) is 24.5 Å². The zero-order valence-corrected chi connectivity index (χ0v) is 13.4. The maximum atomic E-state index is 12.5. The fourth-order valence-corrected chi connectivity index (χ4v) is 2.44. The van der Waals surface area contributed by atoms with Crippen LogP contribution in [0.4, 0.5) is 13.2 Å². The average Bonchev–Trinajstić information content (AvgIpc) is 3.16. The third kappa shape index (κ3) is 5.33. The minimum atomic E-state index is -4.68. The molecule has 1 aliphatic carbocycles. The van der Waals surface area contributed by atoms with E-state index in [1.54, 1.807) is 18.2 Å². The summed E-state index contributed by atoms with van der Waals surface area (Å²) in [5.74, 6) is 0.550. The van der Waals surface area contributed by atoms with Crippen LogP contribution in [-0.2, 0) is 0 Å². The van der Waals surface area contributed by atoms with E-state index in [4.69, 9.17) is 0 Å². The molecule has 2 unspecified atom stereocenters. The van der Waals surface area contributed by atoms with Crippen molar-refractivity contribution in [2.75, 3.05) is 6.54 Å². The van der Waals surface area contributed by atoms with E-state index < -0.39 is 6.36 Å². The number of benzene rings is 1. The first-order valence-electron chi connectivity index (χ1n) is 7.72. The standard InChI is InChI=1S/C16H22F3N3O/c1-4-20-15(21-10(2)3)22-13-9-12(13)11-7-5-6-8-14(11)23-16(17,18)19/h5-8,10,12-13H,4,9H2,1-3H3,(H2,20,21,22). The molecule has 128 valence electrons. The summed E-state index contributed by atoms with van der Waals surface area (Å²) in [5, 5.41) is 6.47. The zero-order valence-electron chi connectivity index (χ0n) is 13.4. The summed E-state index contributed by atoms with van der Waals surface area (Å²) in [6.45, 7) is 6.57. The van der Waals surface area contributed by atoms with Crippen LogP contribution >= 0.6 is 0 Å². The van der Waals surface area contributed by atoms with Crippen LogP contribution in [-0.4, -0.2) is 31.0 Å². The van der Waals surface area contributed by atoms with Gasteiger partial charge in [0.25, 0.3) is 0 Å². The summed E-state index contributed by atoms with van der Waals surface area (Å²) in [5.41, 5.74) is 0.572. The number of rotatable bonds is 5. The fraction of sp³-hybridized carbons (Fsp3) is 0.562. The van der Waals surface area contributed by atoms with E-state index in [2.05, 4.69) is 20.4 Å². The highest BCUT2D eigenvalue weighted by Crippen LogP contribution is 2.45. The predicted octanol–water partition coefficient (Wildman–Crippen LogP) is 3.40. The Balaban J connectivity index is 2.04. The number of para-hydroxylation sites is 1. The fourth-order valence-electron chi connectivity index (χ4n) is 2.44. The van der Waals surface area contributed by atoms with Gasteiger partial charge in [-0.3, -0.25) is 4.99 Å². The SMILES string of the molecule is CCN=C(NC(C)C)NC1CC1c1ccccc1OC(F)(F)F. The van der Waals surface area contributed by atoms with Gasteiger partial charge in [0.15, 0.2) is 5.96 Å². The van der Waals surface area contributed by atoms with Gasteiger partial charge in [0.05, 0.1) is 0 Å². The summed E-state index contributed by atoms with van der Waals surface area (Å²) in [7, 11) is 0. The van der Waals surface area contributed by atoms with Crippen LogP contribution in [0.3, 0.4) is 0 Å². The molecular weight excluding hydrogens is 307 g/mol. The Morgan fingerprint density at radius 1 is 1.35 bits per heavy atom. The largest absolute Gasteiger partial charge is 0.573 e. The topological polar surface area (TPSA) is 45.7 Å². The Kier molecular flexibility index (Phi) is 5.38. The molecule has 2 N–H and O–H groups in total. The van der Waals surface area contributed by atoms with Crippen LogP contribution in [0, 0.1) is 0 Å². The second kappa shape index (κ2) is 7.10. The molecule has 1 aliphatic rings. The molecule has 1 saturated carbocycles. The van der Waals surface area contributed by atoms with Gasteiger partial charge < -0.3 is 15.4 Å². The summed E-state index contributed by atoms with van der Waals surface area (Å²) < 4.78 is 41.6. The molecule has 0 radical (unpaired) electrons. The van der Waals surface area contributed by atoms with Gasteiger partial charge >= 0.3 is 6.36 Å². The predicted molar refractivity (Wildman–Crippen MR) is 83.7 cm³/mol. The zero-order chi connectivity index (χ0) is 17.0. The first-order chi connectivity index (χ1) is 10.8. The maximum Gasteiger partial charge on any atom is 0.573 e. The van der Waals surface area contributed by atoms with Gasteiger partial charge in [0.1, 0.15) is 5.75 Å². The van der Waals surface area contributed by atoms with Gasteiger partial charge in [-0.25, -0.2) is 0 Å². The monoisotopic (exact) mass is 329 g/mol. The number of hydrogen-bond donors (Lipinski definition) is 2. The highest BCUT2D eigenvalue weighted by Gasteiger charge is 2.42. The van der Waals surface area contributed by atoms with Crippen LogP contribution < -0.4 is 15.4 Å². The summed E-state index contributed by atoms with van der Waals surface area (Å²) in [6, 6.07) is 6.59. The molecule has 23 heavy (non-hydrogen) atoms. The van der Waals surface area contributed by atoms with Crippen LogP contribution in [0.15, 0.2) is 29.3 Å². The van der Waals surface area contributed by atoms with Gasteiger partial charge in [0.2, 0.25) is 0 Å². The molecule has 2 rings (SSSR count). The normalized spacial score (nSPS) is 21.3. The lowest BCUT2D eigenvalue weighted by Crippen LogP contribution is -2.42. The van der Waals surface area contributed by atoms with E-state index in [1.165, 1.54) is 6.07 Å². The minimum absolute atomic E-state index is 0.00966. The second-order valence-electron chi connectivity index (χ2n) is 5.80. The van der Waals surface area contributed by atoms with Crippen molar-refractivity contribution in [2.45, 2.75) is 51.6 Å². The van der Waals surface area contributed by atoms with Crippen molar-refractivity contribution in [3.05, 3.63) is 29.8 Å². The van der Waals surface area contributed by atoms with Gasteiger partial charge in [-0.05, 0) is 38.8 Å². The lowest BCUT2D eigenvalue weighted by molar-refractivity contribution is -0.274. The Morgan fingerprint density at radius 2 is 2.04 bits per heavy atom. The van der Waals surface area contributed by atoms with Crippen LogP contribution in [0.1, 0.15) is 38.7 Å². The van der Waals surface area contributed by atoms with E-state index >= 15 is 0 Å². The molecule has 0 bridgehead atoms. The molecule has 0 aliphatic heterocycles. The molecule has 0 spiro atoms. The minimum Gasteiger partial charge on any atom is -0.405 e. The van der Waals surface area contributed by atoms with E-state index in [-0.39, 0.29) is 23.8 Å². The van der Waals surface area contributed by atoms with Crippen LogP contribution in [0.2, 0.25) is 0 Å². The molecule has 0 heterocycles. The first-order valence-corrected chi connectivity index (χ1v) is 7.72. The van der Waals surface area contributed by atoms with Crippen molar-refractivity contribution in [1.29, 1.82) is 0 Å². The molecule has 1 aromatic rings. The number of alkyl halides is 3. The highest BCUT2D eigenvalue weighted by atomic mass is 19.4. The van der Waals surface area contributed by atoms with E-state index in [9.17, 15) is 13.2 Å². The Hall–Kier alpha value is -1.92. The van der Waals surface area contributed by atoms with Gasteiger partial charge in [-0.15, -0.1) is 13.2 Å². The van der Waals surface area contributed by atoms with Gasteiger partial charge in [-0.1, -0.05) is 18.2 Å². The average molecular weight is 329 g/mol. The van der Waals surface area contributed by atoms with E-state index in [0.29, 0.717) is 18.1 Å². The molecule has 1 fully saturated rings. The Labute approximate surface area is 134 Å². The molecule has 0 aromatic heterocycles. The Bertz CT molecular complexity index is 558. The summed E-state index contributed by atoms with van der Waals surface area (Å²) in [6.07, 6.45) is -3.93. The van der Waals surface area contributed by atoms with Crippen molar-refractivity contribution in [2.24, 2.45) is 4.99 Å². The first kappa shape index (κ1) is 17.4. The molecule has 7 heteroatoms. The number of nitrogens with one attached hydrogen (secondary N) is 2. The van der Waals surface area contributed by atoms with Crippen LogP contribution in [0.5, 0.6) is 5.75 Å². The van der Waals surface area contributed by atoms with Crippen molar-refractivity contribution in [3.8, 4) is 5.75 Å². The maximum absolute atomic E-state index is 12.5. The summed E-state index contributed by atoms with van der Waals surface area (Å²) in [4.78, 5) is 4.34. The number of halogens is 3. The second-order valence-corrected chi connectivity index (χ2v) is 5.80. The smallest absolute Gasteiger partial charge is 0.405 e. The van der Waals surface area contributed by atoms with Crippen molar-refractivity contribution in [1.82, 2.24) is 10.6 Å². The highest BCUT2D eigenvalue weighted by molar-refractivity contribution is 5.81. The number of nitrogens with zero attached hydrogens (tertiary/aromatic N) is 1. The van der Waals surface area contributed by atoms with Crippen molar-refractivity contribution >= 4 is 5.96 Å². The number of aliphatic imine (C=N–C) groups is 1. The number of hydrogen-bond acceptors (Lipinski definition) is 2. The van der Waals surface area contributed by atoms with E-state index in [0.717, 1.165) is 6.42 Å². The lowest BCUT2D eigenvalue weighted by Gasteiger charge is -2.16. The molecule has 4 nitrogen and oxygen atoms in total. The van der Waals surface area contributed by atoms with Crippen LogP contribution in [0.25, 0.3) is 0 Å². The van der Waals surface area contributed by atoms with Gasteiger partial charge in [-0.2, -0.15) is 0 Å². The third-order valence-corrected chi connectivity index (χ3v) is 3.40. The molecular formula is C16H22F3N3O. The lowest BCUT2D eigenvalue weighted by atomic mass is 10.1. The van der Waals surface area contributed by atoms with E-state index in [1.807, 2.05) is 20.8 Å². The third-order valence-electron chi connectivity index (χ3n) is 3.40. The molecule has 0 saturated heterocycles. The van der Waals surface area contributed by atoms with Crippen molar-refractivity contribution in [3.63, 3.8) is 0 Å². The molecule has 0 amide bonds. The quantitative estimate of drug-likeness (QED) is 0.643. The van der Waals surface area contributed by atoms with Crippen molar-refractivity contribution < 1.29 is 17.9 Å². The molecule has 1 aromatic carbocycles. The number of ether oxygens (including phenoxy) is 1. The number of guanidine groups is 1. The Morgan fingerprint density at radius 3 is 2.65 bits per heavy atom. The molecule has 2 atom stereocenters. The summed E-state index contributed by atoms with van der Waals surface area (Å²) >= 11 is 0.